The van der Waals surface area contributed by atoms with Crippen LogP contribution in [0, 0.1) is 0 Å². The van der Waals surface area contributed by atoms with Gasteiger partial charge in [0.1, 0.15) is 42.7 Å². The normalized spacial score (nSPS) is 22.6. The van der Waals surface area contributed by atoms with Crippen LogP contribution in [0.3, 0.4) is 0 Å². The van der Waals surface area contributed by atoms with Gasteiger partial charge in [0.05, 0.1) is 13.2 Å². The Labute approximate surface area is 380 Å². The van der Waals surface area contributed by atoms with Crippen molar-refractivity contribution in [2.24, 2.45) is 0 Å². The average molecular weight is 909 g/mol. The molecule has 12 nitrogen and oxygen atoms in total. The van der Waals surface area contributed by atoms with Gasteiger partial charge >= 0.3 is 13.8 Å². The number of hydrogen-bond acceptors (Lipinski definition) is 11. The summed E-state index contributed by atoms with van der Waals surface area (Å²) in [6, 6.07) is 0. The van der Waals surface area contributed by atoms with Crippen molar-refractivity contribution >= 4 is 13.8 Å². The zero-order valence-corrected chi connectivity index (χ0v) is 39.5. The molecular weight excluding hydrogens is 824 g/mol. The first-order valence-electron chi connectivity index (χ1n) is 23.9. The van der Waals surface area contributed by atoms with E-state index in [9.17, 15) is 39.8 Å². The number of phosphoric ester groups is 1. The van der Waals surface area contributed by atoms with Crippen molar-refractivity contribution in [1.29, 1.82) is 0 Å². The highest BCUT2D eigenvalue weighted by Gasteiger charge is 2.51. The van der Waals surface area contributed by atoms with Gasteiger partial charge in [-0.1, -0.05) is 176 Å². The van der Waals surface area contributed by atoms with Crippen LogP contribution in [-0.2, 0) is 27.9 Å². The maximum absolute atomic E-state index is 12.8. The molecule has 63 heavy (non-hydrogen) atoms. The van der Waals surface area contributed by atoms with Crippen molar-refractivity contribution in [2.45, 2.75) is 204 Å². The van der Waals surface area contributed by atoms with Crippen LogP contribution in [0.25, 0.3) is 0 Å². The Morgan fingerprint density at radius 1 is 0.524 bits per heavy atom. The third-order valence-corrected chi connectivity index (χ3v) is 11.5. The van der Waals surface area contributed by atoms with Crippen LogP contribution in [0.15, 0.2) is 85.1 Å². The maximum atomic E-state index is 12.8. The highest BCUT2D eigenvalue weighted by Crippen LogP contribution is 2.47. The summed E-state index contributed by atoms with van der Waals surface area (Å²) < 4.78 is 34.1. The number of aliphatic hydroxyl groups is 5. The second-order valence-corrected chi connectivity index (χ2v) is 17.6. The predicted octanol–water partition coefficient (Wildman–Crippen LogP) is 10.1. The van der Waals surface area contributed by atoms with Crippen LogP contribution in [-0.4, -0.2) is 98.9 Å². The minimum atomic E-state index is -5.04. The monoisotopic (exact) mass is 909 g/mol. The van der Waals surface area contributed by atoms with E-state index in [0.717, 1.165) is 64.2 Å². The van der Waals surface area contributed by atoms with Gasteiger partial charge in [-0.3, -0.25) is 13.8 Å². The first-order chi connectivity index (χ1) is 30.5. The quantitative estimate of drug-likeness (QED) is 0.0148. The van der Waals surface area contributed by atoms with Crippen molar-refractivity contribution in [3.63, 3.8) is 0 Å². The molecule has 0 aromatic rings. The standard InChI is InChI=1S/C50H85O12P/c1-3-5-7-9-11-13-15-17-18-19-20-21-22-23-24-25-26-27-29-31-33-35-37-39-44(51)61-43(41-59-40-38-36-34-32-30-28-16-14-12-10-8-6-4-2)42-60-63(57,58)62-50-48(55)46(53)45(52)47(54)49(50)56/h5,7,11,13,17-18,20-21,23-24,26-27,31,33,43,45-50,52-56H,3-4,6,8-10,12,14-16,19,22,25,28-30,32,34-42H2,1-2H3,(H,57,58)/b7-5-,13-11-,18-17-,21-20-,24-23-,27-26-,33-31-. The predicted molar refractivity (Wildman–Crippen MR) is 253 cm³/mol. The van der Waals surface area contributed by atoms with E-state index in [1.807, 2.05) is 12.2 Å². The van der Waals surface area contributed by atoms with Crippen molar-refractivity contribution in [2.75, 3.05) is 19.8 Å². The minimum absolute atomic E-state index is 0.103. The van der Waals surface area contributed by atoms with Crippen molar-refractivity contribution in [1.82, 2.24) is 0 Å². The van der Waals surface area contributed by atoms with E-state index in [2.05, 4.69) is 86.8 Å². The number of aliphatic hydroxyl groups excluding tert-OH is 5. The fraction of sp³-hybridized carbons (Fsp3) is 0.700. The molecule has 6 N–H and O–H groups in total. The third-order valence-electron chi connectivity index (χ3n) is 10.5. The number of phosphoric acid groups is 1. The SMILES string of the molecule is CC/C=C\C/C=C\C/C=C\C/C=C\C/C=C\C/C=C\C/C=C\CCCC(=O)OC(COCCCCCCCCCCCCCCC)COP(=O)(O)OC1C(O)C(O)C(O)C(O)C1O. The Bertz CT molecular complexity index is 1360. The smallest absolute Gasteiger partial charge is 0.457 e. The van der Waals surface area contributed by atoms with Gasteiger partial charge in [-0.05, 0) is 64.2 Å². The van der Waals surface area contributed by atoms with Crippen LogP contribution in [0.1, 0.15) is 162 Å². The fourth-order valence-corrected chi connectivity index (χ4v) is 7.73. The van der Waals surface area contributed by atoms with Crippen molar-refractivity contribution in [3.05, 3.63) is 85.1 Å². The summed E-state index contributed by atoms with van der Waals surface area (Å²) in [5.41, 5.74) is 0. The molecule has 13 heteroatoms. The number of ether oxygens (including phenoxy) is 2. The maximum Gasteiger partial charge on any atom is 0.472 e. The number of carbonyl (C=O) groups excluding carboxylic acids is 1. The van der Waals surface area contributed by atoms with Crippen LogP contribution in [0.5, 0.6) is 0 Å². The zero-order chi connectivity index (χ0) is 46.2. The van der Waals surface area contributed by atoms with E-state index in [1.54, 1.807) is 0 Å². The molecule has 1 saturated carbocycles. The van der Waals surface area contributed by atoms with Gasteiger partial charge in [-0.25, -0.2) is 4.57 Å². The van der Waals surface area contributed by atoms with E-state index in [0.29, 0.717) is 19.4 Å². The van der Waals surface area contributed by atoms with E-state index in [1.165, 1.54) is 64.2 Å². The Hall–Kier alpha value is -2.48. The molecule has 1 aliphatic carbocycles. The van der Waals surface area contributed by atoms with Crippen molar-refractivity contribution < 1.29 is 58.3 Å². The topological polar surface area (TPSA) is 192 Å². The van der Waals surface area contributed by atoms with Crippen LogP contribution in [0.4, 0.5) is 0 Å². The molecule has 0 aromatic carbocycles. The highest BCUT2D eigenvalue weighted by molar-refractivity contribution is 7.47. The summed E-state index contributed by atoms with van der Waals surface area (Å²) in [5.74, 6) is -0.537. The number of allylic oxidation sites excluding steroid dienone is 14. The Kier molecular flexibility index (Phi) is 37.0. The molecule has 0 bridgehead atoms. The number of rotatable bonds is 39. The van der Waals surface area contributed by atoms with Crippen LogP contribution in [0.2, 0.25) is 0 Å². The molecule has 1 rings (SSSR count). The molecular formula is C50H85O12P. The lowest BCUT2D eigenvalue weighted by Gasteiger charge is -2.41. The fourth-order valence-electron chi connectivity index (χ4n) is 6.76. The second-order valence-electron chi connectivity index (χ2n) is 16.2. The second kappa shape index (κ2) is 39.8. The molecule has 0 saturated heterocycles. The van der Waals surface area contributed by atoms with E-state index >= 15 is 0 Å². The molecule has 6 atom stereocenters. The van der Waals surface area contributed by atoms with E-state index in [-0.39, 0.29) is 13.0 Å². The highest BCUT2D eigenvalue weighted by atomic mass is 31.2. The molecule has 0 amide bonds. The molecule has 1 aliphatic rings. The molecule has 0 aromatic heterocycles. The van der Waals surface area contributed by atoms with Crippen molar-refractivity contribution in [3.8, 4) is 0 Å². The largest absolute Gasteiger partial charge is 0.472 e. The number of esters is 1. The molecule has 0 radical (unpaired) electrons. The zero-order valence-electron chi connectivity index (χ0n) is 38.6. The van der Waals surface area contributed by atoms with Gasteiger partial charge in [-0.15, -0.1) is 0 Å². The summed E-state index contributed by atoms with van der Waals surface area (Å²) >= 11 is 0. The van der Waals surface area contributed by atoms with Gasteiger partial charge in [0.25, 0.3) is 0 Å². The summed E-state index contributed by atoms with van der Waals surface area (Å²) in [4.78, 5) is 23.2. The molecule has 0 aliphatic heterocycles. The number of carbonyl (C=O) groups is 1. The van der Waals surface area contributed by atoms with Gasteiger partial charge in [-0.2, -0.15) is 0 Å². The summed E-state index contributed by atoms with van der Waals surface area (Å²) in [7, 11) is -5.04. The summed E-state index contributed by atoms with van der Waals surface area (Å²) in [6.45, 7) is 4.07. The lowest BCUT2D eigenvalue weighted by Crippen LogP contribution is -2.64. The number of hydrogen-bond donors (Lipinski definition) is 6. The Morgan fingerprint density at radius 2 is 0.921 bits per heavy atom. The third kappa shape index (κ3) is 31.9. The molecule has 0 spiro atoms. The van der Waals surface area contributed by atoms with Crippen LogP contribution >= 0.6 is 7.82 Å². The van der Waals surface area contributed by atoms with Crippen LogP contribution < -0.4 is 0 Å². The molecule has 0 heterocycles. The Morgan fingerprint density at radius 3 is 1.37 bits per heavy atom. The first kappa shape index (κ1) is 58.5. The Balaban J connectivity index is 2.43. The lowest BCUT2D eigenvalue weighted by atomic mass is 9.85. The molecule has 1 fully saturated rings. The van der Waals surface area contributed by atoms with E-state index in [4.69, 9.17) is 18.5 Å². The van der Waals surface area contributed by atoms with Gasteiger partial charge in [0.15, 0.2) is 0 Å². The lowest BCUT2D eigenvalue weighted by molar-refractivity contribution is -0.220. The van der Waals surface area contributed by atoms with Gasteiger partial charge in [0.2, 0.25) is 0 Å². The van der Waals surface area contributed by atoms with Gasteiger partial charge < -0.3 is 39.9 Å². The molecule has 362 valence electrons. The first-order valence-corrected chi connectivity index (χ1v) is 25.4. The average Bonchev–Trinajstić information content (AvgIpc) is 3.27. The van der Waals surface area contributed by atoms with E-state index < -0.39 is 63.1 Å². The number of unbranched alkanes of at least 4 members (excludes halogenated alkanes) is 13. The summed E-state index contributed by atoms with van der Waals surface area (Å²) in [5, 5.41) is 50.2. The van der Waals surface area contributed by atoms with Gasteiger partial charge in [0, 0.05) is 13.0 Å². The molecule has 6 unspecified atom stereocenters. The minimum Gasteiger partial charge on any atom is -0.457 e. The summed E-state index contributed by atoms with van der Waals surface area (Å²) in [6.07, 6.45) is 40.8.